The van der Waals surface area contributed by atoms with Crippen LogP contribution in [0, 0.1) is 0 Å². The minimum atomic E-state index is -1.13. The topological polar surface area (TPSA) is 92.5 Å². The Morgan fingerprint density at radius 3 is 2.50 bits per heavy atom. The first-order chi connectivity index (χ1) is 13.4. The van der Waals surface area contributed by atoms with Gasteiger partial charge in [-0.2, -0.15) is 5.10 Å². The van der Waals surface area contributed by atoms with Gasteiger partial charge in [0.15, 0.2) is 5.69 Å². The van der Waals surface area contributed by atoms with Crippen LogP contribution in [-0.2, 0) is 0 Å². The molecule has 1 heterocycles. The summed E-state index contributed by atoms with van der Waals surface area (Å²) in [6, 6.07) is 14.1. The van der Waals surface area contributed by atoms with Crippen LogP contribution in [0.4, 0.5) is 10.5 Å². The van der Waals surface area contributed by atoms with Crippen LogP contribution >= 0.6 is 11.6 Å². The number of hydrogen-bond acceptors (Lipinski definition) is 4. The molecule has 1 N–H and O–H groups in total. The summed E-state index contributed by atoms with van der Waals surface area (Å²) in [6.07, 6.45) is 0.331. The van der Waals surface area contributed by atoms with E-state index in [4.69, 9.17) is 11.6 Å². The summed E-state index contributed by atoms with van der Waals surface area (Å²) in [6.45, 7) is 1.91. The predicted octanol–water partition coefficient (Wildman–Crippen LogP) is 3.62. The van der Waals surface area contributed by atoms with Crippen molar-refractivity contribution in [2.24, 2.45) is 0 Å². The number of amides is 1. The van der Waals surface area contributed by atoms with Crippen molar-refractivity contribution < 1.29 is 14.7 Å². The molecule has 0 atom stereocenters. The number of anilines is 1. The van der Waals surface area contributed by atoms with Crippen LogP contribution in [-0.4, -0.2) is 33.3 Å². The van der Waals surface area contributed by atoms with Crippen molar-refractivity contribution in [1.29, 1.82) is 0 Å². The molecule has 0 radical (unpaired) electrons. The van der Waals surface area contributed by atoms with Crippen LogP contribution < -0.4 is 10.3 Å². The van der Waals surface area contributed by atoms with E-state index in [-0.39, 0.29) is 17.8 Å². The fourth-order valence-corrected chi connectivity index (χ4v) is 2.81. The van der Waals surface area contributed by atoms with Crippen LogP contribution in [0.25, 0.3) is 5.69 Å². The highest BCUT2D eigenvalue weighted by Gasteiger charge is 2.18. The molecule has 0 aliphatic carbocycles. The third-order valence-corrected chi connectivity index (χ3v) is 4.33. The summed E-state index contributed by atoms with van der Waals surface area (Å²) in [4.78, 5) is 37.5. The minimum Gasteiger partial charge on any atom is -0.465 e. The van der Waals surface area contributed by atoms with Crippen LogP contribution in [0.2, 0.25) is 5.02 Å². The lowest BCUT2D eigenvalue weighted by atomic mass is 10.1. The normalized spacial score (nSPS) is 10.5. The van der Waals surface area contributed by atoms with Gasteiger partial charge < -0.3 is 5.11 Å². The van der Waals surface area contributed by atoms with Gasteiger partial charge in [-0.25, -0.2) is 9.48 Å². The van der Waals surface area contributed by atoms with Crippen LogP contribution in [0.1, 0.15) is 23.0 Å². The Balaban J connectivity index is 2.01. The Hall–Kier alpha value is -3.45. The van der Waals surface area contributed by atoms with E-state index in [1.807, 2.05) is 0 Å². The third-order valence-electron chi connectivity index (χ3n) is 4.08. The van der Waals surface area contributed by atoms with E-state index in [0.29, 0.717) is 16.4 Å². The lowest BCUT2D eigenvalue weighted by molar-refractivity contribution is 0.103. The molecular formula is C20H16ClN3O4. The number of aromatic nitrogens is 2. The van der Waals surface area contributed by atoms with Crippen molar-refractivity contribution in [1.82, 2.24) is 9.78 Å². The number of rotatable bonds is 5. The smallest absolute Gasteiger partial charge is 0.411 e. The lowest BCUT2D eigenvalue weighted by Crippen LogP contribution is -2.29. The fourth-order valence-electron chi connectivity index (χ4n) is 2.68. The van der Waals surface area contributed by atoms with E-state index < -0.39 is 17.3 Å². The second kappa shape index (κ2) is 8.06. The SMILES string of the molecule is CCN(C(=O)O)c1cccc(C(=O)c2nn(-c3ccc(Cl)cc3)ccc2=O)c1. The van der Waals surface area contributed by atoms with Gasteiger partial charge in [0.05, 0.1) is 5.69 Å². The van der Waals surface area contributed by atoms with E-state index in [0.717, 1.165) is 4.90 Å². The zero-order valence-corrected chi connectivity index (χ0v) is 15.6. The van der Waals surface area contributed by atoms with Gasteiger partial charge in [0.2, 0.25) is 11.2 Å². The van der Waals surface area contributed by atoms with Crippen molar-refractivity contribution >= 4 is 29.2 Å². The highest BCUT2D eigenvalue weighted by atomic mass is 35.5. The number of nitrogens with zero attached hydrogens (tertiary/aromatic N) is 3. The minimum absolute atomic E-state index is 0.177. The molecule has 2 aromatic carbocycles. The van der Waals surface area contributed by atoms with Crippen molar-refractivity contribution in [2.75, 3.05) is 11.4 Å². The van der Waals surface area contributed by atoms with Gasteiger partial charge in [0, 0.05) is 35.1 Å². The Bertz CT molecular complexity index is 1090. The summed E-state index contributed by atoms with van der Waals surface area (Å²) in [7, 11) is 0. The Morgan fingerprint density at radius 2 is 1.86 bits per heavy atom. The number of ketones is 1. The van der Waals surface area contributed by atoms with Gasteiger partial charge in [0.25, 0.3) is 0 Å². The zero-order chi connectivity index (χ0) is 20.3. The maximum absolute atomic E-state index is 12.9. The Kier molecular flexibility index (Phi) is 5.56. The molecule has 3 rings (SSSR count). The van der Waals surface area contributed by atoms with E-state index >= 15 is 0 Å². The van der Waals surface area contributed by atoms with Gasteiger partial charge in [-0.05, 0) is 43.3 Å². The molecule has 0 fully saturated rings. The number of carboxylic acid groups (broad SMARTS) is 1. The molecular weight excluding hydrogens is 382 g/mol. The molecule has 1 aromatic heterocycles. The maximum atomic E-state index is 12.9. The lowest BCUT2D eigenvalue weighted by Gasteiger charge is -2.17. The zero-order valence-electron chi connectivity index (χ0n) is 14.9. The van der Waals surface area contributed by atoms with Gasteiger partial charge in [-0.15, -0.1) is 0 Å². The van der Waals surface area contributed by atoms with Crippen molar-refractivity contribution in [2.45, 2.75) is 6.92 Å². The number of carbonyl (C=O) groups is 2. The monoisotopic (exact) mass is 397 g/mol. The predicted molar refractivity (Wildman–Crippen MR) is 106 cm³/mol. The fraction of sp³-hybridized carbons (Fsp3) is 0.100. The van der Waals surface area contributed by atoms with Crippen molar-refractivity contribution in [3.05, 3.63) is 87.3 Å². The summed E-state index contributed by atoms with van der Waals surface area (Å²) in [5.74, 6) is -0.586. The molecule has 0 saturated heterocycles. The molecule has 8 heteroatoms. The third kappa shape index (κ3) is 3.94. The Morgan fingerprint density at radius 1 is 1.14 bits per heavy atom. The maximum Gasteiger partial charge on any atom is 0.411 e. The van der Waals surface area contributed by atoms with E-state index in [2.05, 4.69) is 5.10 Å². The van der Waals surface area contributed by atoms with Crippen molar-refractivity contribution in [3.8, 4) is 5.69 Å². The van der Waals surface area contributed by atoms with Gasteiger partial charge in [-0.3, -0.25) is 14.5 Å². The second-order valence-corrected chi connectivity index (χ2v) is 6.29. The van der Waals surface area contributed by atoms with E-state index in [1.54, 1.807) is 43.3 Å². The molecule has 0 saturated carbocycles. The summed E-state index contributed by atoms with van der Waals surface area (Å²) in [5.41, 5.74) is 0.375. The van der Waals surface area contributed by atoms with Gasteiger partial charge >= 0.3 is 6.09 Å². The first-order valence-electron chi connectivity index (χ1n) is 8.42. The van der Waals surface area contributed by atoms with Gasteiger partial charge in [0.1, 0.15) is 0 Å². The summed E-state index contributed by atoms with van der Waals surface area (Å²) < 4.78 is 1.41. The molecule has 7 nitrogen and oxygen atoms in total. The highest BCUT2D eigenvalue weighted by molar-refractivity contribution is 6.30. The average molecular weight is 398 g/mol. The van der Waals surface area contributed by atoms with Crippen LogP contribution in [0.5, 0.6) is 0 Å². The molecule has 0 spiro atoms. The molecule has 3 aromatic rings. The van der Waals surface area contributed by atoms with Crippen molar-refractivity contribution in [3.63, 3.8) is 0 Å². The second-order valence-electron chi connectivity index (χ2n) is 5.86. The van der Waals surface area contributed by atoms with Gasteiger partial charge in [-0.1, -0.05) is 23.7 Å². The molecule has 142 valence electrons. The number of benzene rings is 2. The van der Waals surface area contributed by atoms with Crippen LogP contribution in [0.15, 0.2) is 65.6 Å². The highest BCUT2D eigenvalue weighted by Crippen LogP contribution is 2.18. The molecule has 0 aliphatic heterocycles. The molecule has 0 unspecified atom stereocenters. The largest absolute Gasteiger partial charge is 0.465 e. The molecule has 0 aliphatic rings. The average Bonchev–Trinajstić information content (AvgIpc) is 2.69. The Labute approximate surface area is 165 Å². The van der Waals surface area contributed by atoms with E-state index in [9.17, 15) is 19.5 Å². The quantitative estimate of drug-likeness (QED) is 0.664. The molecule has 0 bridgehead atoms. The summed E-state index contributed by atoms with van der Waals surface area (Å²) in [5, 5.41) is 14.0. The number of carbonyl (C=O) groups excluding carboxylic acids is 1. The molecule has 1 amide bonds. The van der Waals surface area contributed by atoms with Crippen LogP contribution in [0.3, 0.4) is 0 Å². The number of halogens is 1. The molecule has 28 heavy (non-hydrogen) atoms. The van der Waals surface area contributed by atoms with E-state index in [1.165, 1.54) is 29.1 Å². The number of hydrogen-bond donors (Lipinski definition) is 1. The first-order valence-corrected chi connectivity index (χ1v) is 8.79. The standard InChI is InChI=1S/C20H16ClN3O4/c1-2-23(20(27)28)16-5-3-4-13(12-16)19(26)18-17(25)10-11-24(22-18)15-8-6-14(21)7-9-15/h3-12H,2H2,1H3,(H,27,28). The summed E-state index contributed by atoms with van der Waals surface area (Å²) >= 11 is 5.88. The first kappa shape index (κ1) is 19.3.